The van der Waals surface area contributed by atoms with Crippen molar-refractivity contribution in [2.75, 3.05) is 24.5 Å². The average molecular weight is 523 g/mol. The predicted octanol–water partition coefficient (Wildman–Crippen LogP) is 4.42. The topological polar surface area (TPSA) is 85.8 Å². The maximum Gasteiger partial charge on any atom is 0.251 e. The molecule has 1 aromatic heterocycles. The normalized spacial score (nSPS) is 28.1. The molecule has 3 heterocycles. The number of likely N-dealkylation sites (tertiary alicyclic amines) is 1. The van der Waals surface area contributed by atoms with Crippen molar-refractivity contribution in [2.45, 2.75) is 76.0 Å². The number of benzene rings is 1. The summed E-state index contributed by atoms with van der Waals surface area (Å²) in [7, 11) is 0. The lowest BCUT2D eigenvalue weighted by molar-refractivity contribution is -0.139. The lowest BCUT2D eigenvalue weighted by Crippen LogP contribution is -2.50. The van der Waals surface area contributed by atoms with Crippen molar-refractivity contribution in [3.8, 4) is 11.1 Å². The minimum atomic E-state index is -0.366. The minimum absolute atomic E-state index is 0.0271. The zero-order chi connectivity index (χ0) is 25.6. The third-order valence-corrected chi connectivity index (χ3v) is 9.02. The third-order valence-electron chi connectivity index (χ3n) is 8.74. The van der Waals surface area contributed by atoms with E-state index in [0.717, 1.165) is 87.8 Å². The molecule has 1 aromatic carbocycles. The molecule has 2 aromatic rings. The van der Waals surface area contributed by atoms with Gasteiger partial charge in [-0.05, 0) is 81.5 Å². The Kier molecular flexibility index (Phi) is 6.61. The molecule has 2 saturated carbocycles. The smallest absolute Gasteiger partial charge is 0.251 e. The minimum Gasteiger partial charge on any atom is -0.393 e. The number of hydrogen-bond acceptors (Lipinski definition) is 5. The van der Waals surface area contributed by atoms with Crippen LogP contribution in [0.15, 0.2) is 36.5 Å². The number of amides is 2. The number of carbonyl (C=O) groups excluding carboxylic acids is 2. The van der Waals surface area contributed by atoms with Crippen LogP contribution in [0.25, 0.3) is 11.1 Å². The number of hydrogen-bond donors (Lipinski definition) is 2. The fourth-order valence-corrected chi connectivity index (χ4v) is 6.67. The maximum atomic E-state index is 13.7. The maximum absolute atomic E-state index is 13.7. The Balaban J connectivity index is 1.15. The molecule has 6 rings (SSSR count). The van der Waals surface area contributed by atoms with Crippen LogP contribution in [0.5, 0.6) is 0 Å². The molecule has 196 valence electrons. The summed E-state index contributed by atoms with van der Waals surface area (Å²) in [6.07, 6.45) is 9.84. The number of halogens is 1. The summed E-state index contributed by atoms with van der Waals surface area (Å²) in [5.41, 5.74) is 2.15. The van der Waals surface area contributed by atoms with Crippen molar-refractivity contribution < 1.29 is 14.7 Å². The quantitative estimate of drug-likeness (QED) is 0.607. The summed E-state index contributed by atoms with van der Waals surface area (Å²) >= 11 is 6.77. The van der Waals surface area contributed by atoms with Gasteiger partial charge in [-0.3, -0.25) is 9.59 Å². The van der Waals surface area contributed by atoms with Crippen LogP contribution in [0.3, 0.4) is 0 Å². The Morgan fingerprint density at radius 1 is 1.03 bits per heavy atom. The highest BCUT2D eigenvalue weighted by Gasteiger charge is 2.51. The Morgan fingerprint density at radius 2 is 1.78 bits per heavy atom. The Bertz CT molecular complexity index is 1180. The van der Waals surface area contributed by atoms with E-state index in [1.54, 1.807) is 0 Å². The van der Waals surface area contributed by atoms with Gasteiger partial charge in [-0.25, -0.2) is 4.98 Å². The molecule has 0 unspecified atom stereocenters. The van der Waals surface area contributed by atoms with Gasteiger partial charge in [0.2, 0.25) is 5.91 Å². The lowest BCUT2D eigenvalue weighted by Gasteiger charge is -2.41. The lowest BCUT2D eigenvalue weighted by atomic mass is 9.78. The molecule has 4 aliphatic rings. The van der Waals surface area contributed by atoms with Crippen LogP contribution in [0.4, 0.5) is 5.82 Å². The van der Waals surface area contributed by atoms with Gasteiger partial charge in [-0.15, -0.1) is 0 Å². The highest BCUT2D eigenvalue weighted by molar-refractivity contribution is 6.33. The summed E-state index contributed by atoms with van der Waals surface area (Å²) in [6, 6.07) is 10.1. The number of carbonyl (C=O) groups is 2. The van der Waals surface area contributed by atoms with Crippen LogP contribution in [0.2, 0.25) is 5.02 Å². The van der Waals surface area contributed by atoms with Crippen molar-refractivity contribution in [1.82, 2.24) is 15.2 Å². The Hall–Kier alpha value is -2.64. The Morgan fingerprint density at radius 3 is 2.49 bits per heavy atom. The van der Waals surface area contributed by atoms with E-state index in [2.05, 4.69) is 15.1 Å². The van der Waals surface area contributed by atoms with Crippen molar-refractivity contribution in [1.29, 1.82) is 0 Å². The number of piperidine rings is 1. The first-order valence-corrected chi connectivity index (χ1v) is 14.1. The average Bonchev–Trinajstić information content (AvgIpc) is 3.68. The van der Waals surface area contributed by atoms with E-state index in [1.807, 2.05) is 36.5 Å². The first-order chi connectivity index (χ1) is 17.9. The van der Waals surface area contributed by atoms with Crippen LogP contribution in [0, 0.1) is 5.41 Å². The van der Waals surface area contributed by atoms with Gasteiger partial charge >= 0.3 is 0 Å². The van der Waals surface area contributed by atoms with Crippen LogP contribution in [-0.4, -0.2) is 64.6 Å². The van der Waals surface area contributed by atoms with Crippen molar-refractivity contribution in [3.05, 3.63) is 47.1 Å². The molecule has 1 atom stereocenters. The summed E-state index contributed by atoms with van der Waals surface area (Å²) < 4.78 is 0. The fourth-order valence-electron chi connectivity index (χ4n) is 6.39. The van der Waals surface area contributed by atoms with Crippen LogP contribution < -0.4 is 10.2 Å². The zero-order valence-electron chi connectivity index (χ0n) is 21.2. The number of pyridine rings is 1. The highest BCUT2D eigenvalue weighted by atomic mass is 35.5. The van der Waals surface area contributed by atoms with Gasteiger partial charge in [0.05, 0.1) is 16.5 Å². The van der Waals surface area contributed by atoms with Crippen LogP contribution in [0.1, 0.15) is 68.1 Å². The summed E-state index contributed by atoms with van der Waals surface area (Å²) in [5, 5.41) is 13.5. The van der Waals surface area contributed by atoms with Gasteiger partial charge in [-0.1, -0.05) is 23.7 Å². The monoisotopic (exact) mass is 522 g/mol. The van der Waals surface area contributed by atoms with E-state index >= 15 is 0 Å². The first-order valence-electron chi connectivity index (χ1n) is 13.7. The van der Waals surface area contributed by atoms with Gasteiger partial charge in [0.1, 0.15) is 5.82 Å². The number of aliphatic hydroxyl groups excluding tert-OH is 1. The molecule has 2 aliphatic heterocycles. The summed E-state index contributed by atoms with van der Waals surface area (Å²) in [4.78, 5) is 35.0. The number of aromatic nitrogens is 1. The summed E-state index contributed by atoms with van der Waals surface area (Å²) in [6.45, 7) is 2.29. The van der Waals surface area contributed by atoms with E-state index in [4.69, 9.17) is 16.6 Å². The molecule has 8 heteroatoms. The van der Waals surface area contributed by atoms with Gasteiger partial charge in [0.25, 0.3) is 5.91 Å². The molecule has 1 spiro atoms. The molecule has 2 amide bonds. The predicted molar refractivity (Wildman–Crippen MR) is 144 cm³/mol. The first kappa shape index (κ1) is 24.7. The van der Waals surface area contributed by atoms with Crippen molar-refractivity contribution in [2.24, 2.45) is 5.41 Å². The molecule has 0 bridgehead atoms. The molecular weight excluding hydrogens is 488 g/mol. The van der Waals surface area contributed by atoms with Crippen molar-refractivity contribution >= 4 is 29.2 Å². The largest absolute Gasteiger partial charge is 0.393 e. The molecular formula is C29H35ClN4O3. The number of rotatable bonds is 5. The molecule has 4 fully saturated rings. The number of nitrogens with zero attached hydrogens (tertiary/aromatic N) is 3. The van der Waals surface area contributed by atoms with Gasteiger partial charge in [-0.2, -0.15) is 0 Å². The van der Waals surface area contributed by atoms with Gasteiger partial charge in [0.15, 0.2) is 0 Å². The molecule has 0 radical (unpaired) electrons. The third kappa shape index (κ3) is 4.96. The van der Waals surface area contributed by atoms with E-state index in [-0.39, 0.29) is 29.4 Å². The van der Waals surface area contributed by atoms with E-state index < -0.39 is 0 Å². The second-order valence-electron chi connectivity index (χ2n) is 11.4. The fraction of sp³-hybridized carbons (Fsp3) is 0.552. The van der Waals surface area contributed by atoms with Crippen molar-refractivity contribution in [3.63, 3.8) is 0 Å². The van der Waals surface area contributed by atoms with Gasteiger partial charge < -0.3 is 20.2 Å². The summed E-state index contributed by atoms with van der Waals surface area (Å²) in [5.74, 6) is 0.981. The second kappa shape index (κ2) is 9.91. The number of nitrogens with one attached hydrogen (secondary N) is 1. The molecule has 37 heavy (non-hydrogen) atoms. The van der Waals surface area contributed by atoms with E-state index in [1.165, 1.54) is 0 Å². The van der Waals surface area contributed by atoms with Crippen LogP contribution >= 0.6 is 11.6 Å². The van der Waals surface area contributed by atoms with Gasteiger partial charge in [0, 0.05) is 49.0 Å². The molecule has 2 N–H and O–H groups in total. The van der Waals surface area contributed by atoms with E-state index in [0.29, 0.717) is 23.2 Å². The SMILES string of the molecule is O=C(NC1CC1)c1ccc(-c2cnc(N3CCC[C@]4(CCN([C@H]5CC[C@@H](O)CC5)C4=O)C3)c(Cl)c2)cc1. The molecule has 2 saturated heterocycles. The zero-order valence-corrected chi connectivity index (χ0v) is 21.9. The molecule has 7 nitrogen and oxygen atoms in total. The second-order valence-corrected chi connectivity index (χ2v) is 11.8. The van der Waals surface area contributed by atoms with Crippen LogP contribution in [-0.2, 0) is 4.79 Å². The molecule has 2 aliphatic carbocycles. The van der Waals surface area contributed by atoms with E-state index in [9.17, 15) is 14.7 Å². The standard InChI is InChI=1S/C29H35ClN4O3/c30-25-16-21(19-2-4-20(5-3-19)27(36)32-22-6-7-22)17-31-26(25)33-14-1-12-29(18-33)13-15-34(28(29)37)23-8-10-24(35)11-9-23/h2-5,16-17,22-24,35H,1,6-15,18H2,(H,32,36)/t23-,24+,29-/m0/s1. The number of anilines is 1. The Labute approximate surface area is 223 Å². The number of aliphatic hydroxyl groups is 1. The highest BCUT2D eigenvalue weighted by Crippen LogP contribution is 2.44.